The van der Waals surface area contributed by atoms with E-state index in [1.165, 1.54) is 0 Å². The van der Waals surface area contributed by atoms with E-state index in [2.05, 4.69) is 15.3 Å². The van der Waals surface area contributed by atoms with Gasteiger partial charge in [-0.05, 0) is 62.1 Å². The summed E-state index contributed by atoms with van der Waals surface area (Å²) >= 11 is 0. The van der Waals surface area contributed by atoms with Crippen LogP contribution in [0.1, 0.15) is 22.0 Å². The number of rotatable bonds is 7. The topological polar surface area (TPSA) is 59.4 Å². The summed E-state index contributed by atoms with van der Waals surface area (Å²) in [6, 6.07) is 17.2. The van der Waals surface area contributed by atoms with Crippen molar-refractivity contribution in [2.24, 2.45) is 0 Å². The standard InChI is InChI=1S/C21H24N4O2/c1-24(2)20(17-6-4-7-19(14-17)27-3)15-22-21(26)16-8-10-18(11-9-16)25-13-5-12-23-25/h4-14,20H,15H2,1-3H3,(H,22,26). The molecule has 1 heterocycles. The molecule has 0 bridgehead atoms. The first-order chi connectivity index (χ1) is 13.1. The van der Waals surface area contributed by atoms with Gasteiger partial charge in [0, 0.05) is 24.5 Å². The molecule has 3 aromatic rings. The van der Waals surface area contributed by atoms with Gasteiger partial charge >= 0.3 is 0 Å². The lowest BCUT2D eigenvalue weighted by Gasteiger charge is -2.25. The smallest absolute Gasteiger partial charge is 0.251 e. The van der Waals surface area contributed by atoms with Crippen LogP contribution in [-0.2, 0) is 0 Å². The van der Waals surface area contributed by atoms with E-state index in [9.17, 15) is 4.79 Å². The Balaban J connectivity index is 1.67. The van der Waals surface area contributed by atoms with Gasteiger partial charge in [0.2, 0.25) is 0 Å². The first kappa shape index (κ1) is 18.7. The maximum absolute atomic E-state index is 12.5. The van der Waals surface area contributed by atoms with Crippen molar-refractivity contribution in [3.8, 4) is 11.4 Å². The van der Waals surface area contributed by atoms with Gasteiger partial charge in [0.1, 0.15) is 5.75 Å². The minimum absolute atomic E-state index is 0.0485. The van der Waals surface area contributed by atoms with E-state index in [1.54, 1.807) is 18.0 Å². The highest BCUT2D eigenvalue weighted by atomic mass is 16.5. The van der Waals surface area contributed by atoms with Crippen molar-refractivity contribution < 1.29 is 9.53 Å². The lowest BCUT2D eigenvalue weighted by molar-refractivity contribution is 0.0942. The Morgan fingerprint density at radius 3 is 2.59 bits per heavy atom. The average Bonchev–Trinajstić information content (AvgIpc) is 3.23. The Morgan fingerprint density at radius 2 is 1.96 bits per heavy atom. The van der Waals surface area contributed by atoms with Gasteiger partial charge in [0.05, 0.1) is 18.8 Å². The van der Waals surface area contributed by atoms with Gasteiger partial charge in [0.25, 0.3) is 5.91 Å². The molecule has 6 heteroatoms. The third kappa shape index (κ3) is 4.54. The zero-order chi connectivity index (χ0) is 19.2. The molecule has 1 unspecified atom stereocenters. The minimum atomic E-state index is -0.100. The highest BCUT2D eigenvalue weighted by Gasteiger charge is 2.16. The van der Waals surface area contributed by atoms with Crippen LogP contribution in [0.2, 0.25) is 0 Å². The molecule has 27 heavy (non-hydrogen) atoms. The molecule has 140 valence electrons. The van der Waals surface area contributed by atoms with Crippen molar-refractivity contribution in [3.63, 3.8) is 0 Å². The van der Waals surface area contributed by atoms with Crippen molar-refractivity contribution in [1.82, 2.24) is 20.0 Å². The molecule has 3 rings (SSSR count). The Bertz CT molecular complexity index is 873. The zero-order valence-electron chi connectivity index (χ0n) is 15.8. The number of ether oxygens (including phenoxy) is 1. The van der Waals surface area contributed by atoms with Gasteiger partial charge in [-0.3, -0.25) is 4.79 Å². The number of carbonyl (C=O) groups excluding carboxylic acids is 1. The highest BCUT2D eigenvalue weighted by Crippen LogP contribution is 2.22. The molecule has 2 aromatic carbocycles. The van der Waals surface area contributed by atoms with Gasteiger partial charge in [-0.15, -0.1) is 0 Å². The third-order valence-corrected chi connectivity index (χ3v) is 4.46. The van der Waals surface area contributed by atoms with Crippen molar-refractivity contribution in [2.75, 3.05) is 27.7 Å². The Labute approximate surface area is 159 Å². The number of carbonyl (C=O) groups is 1. The quantitative estimate of drug-likeness (QED) is 0.700. The summed E-state index contributed by atoms with van der Waals surface area (Å²) in [6.07, 6.45) is 3.59. The van der Waals surface area contributed by atoms with Crippen LogP contribution < -0.4 is 10.1 Å². The monoisotopic (exact) mass is 364 g/mol. The van der Waals surface area contributed by atoms with Crippen molar-refractivity contribution >= 4 is 5.91 Å². The number of hydrogen-bond donors (Lipinski definition) is 1. The fourth-order valence-electron chi connectivity index (χ4n) is 2.93. The molecule has 1 N–H and O–H groups in total. The molecule has 0 aliphatic carbocycles. The largest absolute Gasteiger partial charge is 0.497 e. The number of nitrogens with zero attached hydrogens (tertiary/aromatic N) is 3. The number of benzene rings is 2. The van der Waals surface area contributed by atoms with Crippen LogP contribution in [0.25, 0.3) is 5.69 Å². The molecule has 1 amide bonds. The van der Waals surface area contributed by atoms with Gasteiger partial charge < -0.3 is 15.0 Å². The summed E-state index contributed by atoms with van der Waals surface area (Å²) in [5, 5.41) is 7.21. The Morgan fingerprint density at radius 1 is 1.19 bits per heavy atom. The van der Waals surface area contributed by atoms with E-state index in [0.29, 0.717) is 12.1 Å². The predicted molar refractivity (Wildman–Crippen MR) is 105 cm³/mol. The van der Waals surface area contributed by atoms with Crippen LogP contribution in [0.3, 0.4) is 0 Å². The van der Waals surface area contributed by atoms with Gasteiger partial charge in [-0.1, -0.05) is 12.1 Å². The van der Waals surface area contributed by atoms with Crippen molar-refractivity contribution in [2.45, 2.75) is 6.04 Å². The molecule has 0 fully saturated rings. The maximum Gasteiger partial charge on any atom is 0.251 e. The number of likely N-dealkylation sites (N-methyl/N-ethyl adjacent to an activating group) is 1. The van der Waals surface area contributed by atoms with Crippen molar-refractivity contribution in [1.29, 1.82) is 0 Å². The van der Waals surface area contributed by atoms with Gasteiger partial charge in [-0.2, -0.15) is 5.10 Å². The van der Waals surface area contributed by atoms with E-state index in [4.69, 9.17) is 4.74 Å². The van der Waals surface area contributed by atoms with E-state index < -0.39 is 0 Å². The number of methoxy groups -OCH3 is 1. The van der Waals surface area contributed by atoms with Crippen molar-refractivity contribution in [3.05, 3.63) is 78.1 Å². The number of nitrogens with one attached hydrogen (secondary N) is 1. The molecule has 0 saturated carbocycles. The van der Waals surface area contributed by atoms with Crippen LogP contribution in [0.4, 0.5) is 0 Å². The van der Waals surface area contributed by atoms with Gasteiger partial charge in [0.15, 0.2) is 0 Å². The SMILES string of the molecule is COc1cccc(C(CNC(=O)c2ccc(-n3cccn3)cc2)N(C)C)c1. The fourth-order valence-corrected chi connectivity index (χ4v) is 2.93. The lowest BCUT2D eigenvalue weighted by Crippen LogP contribution is -2.34. The molecule has 6 nitrogen and oxygen atoms in total. The molecule has 1 atom stereocenters. The second-order valence-corrected chi connectivity index (χ2v) is 6.46. The average molecular weight is 364 g/mol. The van der Waals surface area contributed by atoms with E-state index >= 15 is 0 Å². The van der Waals surface area contributed by atoms with Gasteiger partial charge in [-0.25, -0.2) is 4.68 Å². The normalized spacial score (nSPS) is 12.0. The molecule has 0 aliphatic heterocycles. The molecule has 0 saturated heterocycles. The Kier molecular flexibility index (Phi) is 5.88. The number of hydrogen-bond acceptors (Lipinski definition) is 4. The summed E-state index contributed by atoms with van der Waals surface area (Å²) in [5.41, 5.74) is 2.63. The molecular weight excluding hydrogens is 340 g/mol. The fraction of sp³-hybridized carbons (Fsp3) is 0.238. The summed E-state index contributed by atoms with van der Waals surface area (Å²) < 4.78 is 7.07. The van der Waals surface area contributed by atoms with Crippen LogP contribution in [0.15, 0.2) is 67.0 Å². The zero-order valence-corrected chi connectivity index (χ0v) is 15.8. The second-order valence-electron chi connectivity index (χ2n) is 6.46. The maximum atomic E-state index is 12.5. The third-order valence-electron chi connectivity index (χ3n) is 4.46. The van der Waals surface area contributed by atoms with Crippen LogP contribution >= 0.6 is 0 Å². The van der Waals surface area contributed by atoms with E-state index in [0.717, 1.165) is 17.0 Å². The summed E-state index contributed by atoms with van der Waals surface area (Å²) in [7, 11) is 5.64. The number of amides is 1. The Hall–Kier alpha value is -3.12. The first-order valence-electron chi connectivity index (χ1n) is 8.77. The predicted octanol–water partition coefficient (Wildman–Crippen LogP) is 2.91. The molecule has 0 spiro atoms. The van der Waals surface area contributed by atoms with Crippen LogP contribution in [0.5, 0.6) is 5.75 Å². The summed E-state index contributed by atoms with van der Waals surface area (Å²) in [5.74, 6) is 0.705. The van der Waals surface area contributed by atoms with E-state index in [-0.39, 0.29) is 11.9 Å². The molecular formula is C21H24N4O2. The van der Waals surface area contributed by atoms with Crippen LogP contribution in [0, 0.1) is 0 Å². The second kappa shape index (κ2) is 8.51. The molecule has 0 radical (unpaired) electrons. The lowest BCUT2D eigenvalue weighted by atomic mass is 10.1. The number of aromatic nitrogens is 2. The molecule has 1 aromatic heterocycles. The molecule has 0 aliphatic rings. The summed E-state index contributed by atoms with van der Waals surface area (Å²) in [6.45, 7) is 0.500. The summed E-state index contributed by atoms with van der Waals surface area (Å²) in [4.78, 5) is 14.6. The first-order valence-corrected chi connectivity index (χ1v) is 8.77. The minimum Gasteiger partial charge on any atom is -0.497 e. The van der Waals surface area contributed by atoms with E-state index in [1.807, 2.05) is 74.9 Å². The van der Waals surface area contributed by atoms with Crippen LogP contribution in [-0.4, -0.2) is 48.3 Å². The highest BCUT2D eigenvalue weighted by molar-refractivity contribution is 5.94.